The molecule has 4 nitrogen and oxygen atoms in total. The molecule has 1 heterocycles. The number of methoxy groups -OCH3 is 1. The molecule has 2 rings (SSSR count). The van der Waals surface area contributed by atoms with Gasteiger partial charge in [-0.25, -0.2) is 4.98 Å². The minimum atomic E-state index is 0.124. The number of ether oxygens (including phenoxy) is 2. The molecule has 2 aromatic rings. The fraction of sp³-hybridized carbons (Fsp3) is 0.0909. The Kier molecular flexibility index (Phi) is 4.27. The highest BCUT2D eigenvalue weighted by molar-refractivity contribution is 9.10. The van der Waals surface area contributed by atoms with E-state index in [4.69, 9.17) is 32.7 Å². The lowest BCUT2D eigenvalue weighted by molar-refractivity contribution is 0.373. The molecule has 0 saturated heterocycles. The first-order chi connectivity index (χ1) is 8.61. The smallest absolute Gasteiger partial charge is 0.325 e. The normalized spacial score (nSPS) is 10.2. The third kappa shape index (κ3) is 2.85. The van der Waals surface area contributed by atoms with Gasteiger partial charge in [0.15, 0.2) is 5.75 Å². The summed E-state index contributed by atoms with van der Waals surface area (Å²) in [6.07, 6.45) is 1.53. The monoisotopic (exact) mass is 348 g/mol. The molecule has 0 atom stereocenters. The van der Waals surface area contributed by atoms with Crippen molar-refractivity contribution in [3.05, 3.63) is 38.9 Å². The van der Waals surface area contributed by atoms with Crippen molar-refractivity contribution in [3.63, 3.8) is 0 Å². The van der Waals surface area contributed by atoms with Gasteiger partial charge in [0.1, 0.15) is 5.02 Å². The number of hydrogen-bond acceptors (Lipinski definition) is 4. The number of halogens is 3. The predicted octanol–water partition coefficient (Wildman–Crippen LogP) is 4.35. The van der Waals surface area contributed by atoms with Crippen molar-refractivity contribution in [1.29, 1.82) is 0 Å². The summed E-state index contributed by atoms with van der Waals surface area (Å²) in [4.78, 5) is 8.04. The highest BCUT2D eigenvalue weighted by atomic mass is 79.9. The topological polar surface area (TPSA) is 44.2 Å². The van der Waals surface area contributed by atoms with Crippen LogP contribution >= 0.6 is 39.1 Å². The Balaban J connectivity index is 2.31. The maximum Gasteiger partial charge on any atom is 0.325 e. The molecule has 7 heteroatoms. The molecule has 0 spiro atoms. The van der Waals surface area contributed by atoms with E-state index in [9.17, 15) is 0 Å². The first kappa shape index (κ1) is 13.4. The highest BCUT2D eigenvalue weighted by Gasteiger charge is 2.10. The summed E-state index contributed by atoms with van der Waals surface area (Å²) in [5.41, 5.74) is 0. The molecule has 0 fully saturated rings. The lowest BCUT2D eigenvalue weighted by atomic mass is 10.3. The molecule has 18 heavy (non-hydrogen) atoms. The second-order valence-electron chi connectivity index (χ2n) is 3.16. The van der Waals surface area contributed by atoms with Crippen molar-refractivity contribution < 1.29 is 9.47 Å². The fourth-order valence-electron chi connectivity index (χ4n) is 1.19. The Bertz CT molecular complexity index is 581. The highest BCUT2D eigenvalue weighted by Crippen LogP contribution is 2.34. The largest absolute Gasteiger partial charge is 0.480 e. The summed E-state index contributed by atoms with van der Waals surface area (Å²) in [5.74, 6) is 0.756. The first-order valence-corrected chi connectivity index (χ1v) is 6.35. The molecule has 0 bridgehead atoms. The average Bonchev–Trinajstić information content (AvgIpc) is 2.37. The lowest BCUT2D eigenvalue weighted by Gasteiger charge is -2.08. The Labute approximate surface area is 122 Å². The number of hydrogen-bond donors (Lipinski definition) is 0. The molecular weight excluding hydrogens is 343 g/mol. The van der Waals surface area contributed by atoms with Gasteiger partial charge in [0.25, 0.3) is 0 Å². The SMILES string of the molecule is COc1nc(Oc2cccc(Cl)c2Cl)ncc1Br. The van der Waals surface area contributed by atoms with E-state index in [0.29, 0.717) is 26.1 Å². The van der Waals surface area contributed by atoms with Crippen LogP contribution in [0.4, 0.5) is 0 Å². The van der Waals surface area contributed by atoms with Crippen LogP contribution in [0.25, 0.3) is 0 Å². The number of benzene rings is 1. The van der Waals surface area contributed by atoms with Gasteiger partial charge in [-0.15, -0.1) is 0 Å². The molecule has 1 aromatic heterocycles. The van der Waals surface area contributed by atoms with E-state index in [1.165, 1.54) is 13.3 Å². The molecule has 0 aliphatic carbocycles. The lowest BCUT2D eigenvalue weighted by Crippen LogP contribution is -1.96. The summed E-state index contributed by atoms with van der Waals surface area (Å²) in [6.45, 7) is 0. The van der Waals surface area contributed by atoms with Crippen molar-refractivity contribution in [2.45, 2.75) is 0 Å². The second-order valence-corrected chi connectivity index (χ2v) is 4.80. The van der Waals surface area contributed by atoms with Gasteiger partial charge in [-0.2, -0.15) is 4.98 Å². The zero-order chi connectivity index (χ0) is 13.1. The second kappa shape index (κ2) is 5.73. The molecule has 0 aliphatic heterocycles. The molecule has 1 aromatic carbocycles. The molecule has 0 N–H and O–H groups in total. The minimum Gasteiger partial charge on any atom is -0.480 e. The van der Waals surface area contributed by atoms with Gasteiger partial charge in [-0.3, -0.25) is 0 Å². The minimum absolute atomic E-state index is 0.124. The van der Waals surface area contributed by atoms with Gasteiger partial charge < -0.3 is 9.47 Å². The Morgan fingerprint density at radius 3 is 2.78 bits per heavy atom. The quantitative estimate of drug-likeness (QED) is 0.826. The van der Waals surface area contributed by atoms with Crippen molar-refractivity contribution in [3.8, 4) is 17.6 Å². The first-order valence-electron chi connectivity index (χ1n) is 4.80. The van der Waals surface area contributed by atoms with Crippen LogP contribution in [-0.2, 0) is 0 Å². The van der Waals surface area contributed by atoms with E-state index >= 15 is 0 Å². The molecule has 0 radical (unpaired) electrons. The van der Waals surface area contributed by atoms with Crippen LogP contribution < -0.4 is 9.47 Å². The Morgan fingerprint density at radius 1 is 1.28 bits per heavy atom. The summed E-state index contributed by atoms with van der Waals surface area (Å²) in [6, 6.07) is 5.19. The van der Waals surface area contributed by atoms with Crippen LogP contribution in [0.5, 0.6) is 17.6 Å². The van der Waals surface area contributed by atoms with Crippen molar-refractivity contribution in [2.24, 2.45) is 0 Å². The maximum absolute atomic E-state index is 6.00. The van der Waals surface area contributed by atoms with Crippen molar-refractivity contribution >= 4 is 39.1 Å². The molecule has 0 saturated carbocycles. The fourth-order valence-corrected chi connectivity index (χ4v) is 1.87. The third-order valence-corrected chi connectivity index (χ3v) is 3.35. The molecular formula is C11H7BrCl2N2O2. The summed E-state index contributed by atoms with van der Waals surface area (Å²) >= 11 is 15.1. The summed E-state index contributed by atoms with van der Waals surface area (Å²) in [5, 5.41) is 0.711. The van der Waals surface area contributed by atoms with Gasteiger partial charge >= 0.3 is 6.01 Å². The van der Waals surface area contributed by atoms with Gasteiger partial charge in [0, 0.05) is 0 Å². The summed E-state index contributed by atoms with van der Waals surface area (Å²) in [7, 11) is 1.50. The van der Waals surface area contributed by atoms with Gasteiger partial charge in [0.2, 0.25) is 5.88 Å². The zero-order valence-corrected chi connectivity index (χ0v) is 12.3. The Hall–Kier alpha value is -1.04. The van der Waals surface area contributed by atoms with E-state index in [0.717, 1.165) is 0 Å². The summed E-state index contributed by atoms with van der Waals surface area (Å²) < 4.78 is 11.1. The van der Waals surface area contributed by atoms with Crippen molar-refractivity contribution in [2.75, 3.05) is 7.11 Å². The van der Waals surface area contributed by atoms with E-state index in [1.54, 1.807) is 18.2 Å². The van der Waals surface area contributed by atoms with Crippen LogP contribution in [0.15, 0.2) is 28.9 Å². The number of rotatable bonds is 3. The third-order valence-electron chi connectivity index (χ3n) is 2.00. The molecule has 0 aliphatic rings. The van der Waals surface area contributed by atoms with Crippen LogP contribution in [-0.4, -0.2) is 17.1 Å². The van der Waals surface area contributed by atoms with Gasteiger partial charge in [-0.05, 0) is 28.1 Å². The van der Waals surface area contributed by atoms with Crippen LogP contribution in [0.1, 0.15) is 0 Å². The Morgan fingerprint density at radius 2 is 2.06 bits per heavy atom. The molecule has 94 valence electrons. The number of nitrogens with zero attached hydrogens (tertiary/aromatic N) is 2. The van der Waals surface area contributed by atoms with Gasteiger partial charge in [0.05, 0.1) is 22.8 Å². The molecule has 0 amide bonds. The standard InChI is InChI=1S/C11H7BrCl2N2O2/c1-17-10-6(12)5-15-11(16-10)18-8-4-2-3-7(13)9(8)14/h2-5H,1H3. The van der Waals surface area contributed by atoms with Crippen LogP contribution in [0.2, 0.25) is 10.0 Å². The van der Waals surface area contributed by atoms with E-state index < -0.39 is 0 Å². The van der Waals surface area contributed by atoms with E-state index in [2.05, 4.69) is 25.9 Å². The van der Waals surface area contributed by atoms with Crippen LogP contribution in [0.3, 0.4) is 0 Å². The zero-order valence-electron chi connectivity index (χ0n) is 9.15. The van der Waals surface area contributed by atoms with Crippen molar-refractivity contribution in [1.82, 2.24) is 9.97 Å². The van der Waals surface area contributed by atoms with E-state index in [1.807, 2.05) is 0 Å². The number of aromatic nitrogens is 2. The van der Waals surface area contributed by atoms with Gasteiger partial charge in [-0.1, -0.05) is 29.3 Å². The predicted molar refractivity (Wildman–Crippen MR) is 72.8 cm³/mol. The molecule has 0 unspecified atom stereocenters. The van der Waals surface area contributed by atoms with Crippen LogP contribution in [0, 0.1) is 0 Å². The maximum atomic E-state index is 6.00. The van der Waals surface area contributed by atoms with E-state index in [-0.39, 0.29) is 6.01 Å². The average molecular weight is 350 g/mol.